The Morgan fingerprint density at radius 1 is 1.29 bits per heavy atom. The van der Waals surface area contributed by atoms with Crippen LogP contribution in [0, 0.1) is 11.8 Å². The van der Waals surface area contributed by atoms with E-state index in [4.69, 9.17) is 5.11 Å². The molecular formula is C17H29NO3. The minimum absolute atomic E-state index is 0.101. The van der Waals surface area contributed by atoms with Gasteiger partial charge < -0.3 is 10.4 Å². The summed E-state index contributed by atoms with van der Waals surface area (Å²) < 4.78 is 0. The van der Waals surface area contributed by atoms with E-state index < -0.39 is 5.97 Å². The zero-order valence-corrected chi connectivity index (χ0v) is 13.4. The van der Waals surface area contributed by atoms with E-state index >= 15 is 0 Å². The van der Waals surface area contributed by atoms with E-state index in [-0.39, 0.29) is 12.3 Å². The smallest absolute Gasteiger partial charge is 0.303 e. The lowest BCUT2D eigenvalue weighted by atomic mass is 9.88. The highest BCUT2D eigenvalue weighted by Gasteiger charge is 2.15. The van der Waals surface area contributed by atoms with Gasteiger partial charge in [-0.1, -0.05) is 25.5 Å². The average Bonchev–Trinajstić information content (AvgIpc) is 2.43. The molecule has 2 N–H and O–H groups in total. The highest BCUT2D eigenvalue weighted by Crippen LogP contribution is 2.21. The van der Waals surface area contributed by atoms with Gasteiger partial charge in [-0.05, 0) is 50.4 Å². The van der Waals surface area contributed by atoms with Crippen molar-refractivity contribution in [3.8, 4) is 0 Å². The summed E-state index contributed by atoms with van der Waals surface area (Å²) in [6, 6.07) is 0. The molecule has 0 heterocycles. The van der Waals surface area contributed by atoms with Crippen LogP contribution < -0.4 is 5.32 Å². The largest absolute Gasteiger partial charge is 0.481 e. The van der Waals surface area contributed by atoms with Gasteiger partial charge in [-0.2, -0.15) is 0 Å². The molecule has 0 aromatic carbocycles. The zero-order valence-electron chi connectivity index (χ0n) is 13.4. The van der Waals surface area contributed by atoms with Crippen molar-refractivity contribution < 1.29 is 14.7 Å². The van der Waals surface area contributed by atoms with Crippen molar-refractivity contribution in [3.05, 3.63) is 11.6 Å². The van der Waals surface area contributed by atoms with Gasteiger partial charge in [0.2, 0.25) is 5.91 Å². The number of aliphatic carboxylic acids is 1. The van der Waals surface area contributed by atoms with Crippen LogP contribution in [0.1, 0.15) is 65.2 Å². The molecule has 0 aromatic heterocycles. The Bertz CT molecular complexity index is 374. The Kier molecular flexibility index (Phi) is 8.09. The van der Waals surface area contributed by atoms with Crippen LogP contribution in [-0.4, -0.2) is 23.5 Å². The van der Waals surface area contributed by atoms with Crippen molar-refractivity contribution in [3.63, 3.8) is 0 Å². The van der Waals surface area contributed by atoms with E-state index in [1.807, 2.05) is 0 Å². The number of hydrogen-bond donors (Lipinski definition) is 2. The van der Waals surface area contributed by atoms with E-state index in [2.05, 4.69) is 25.2 Å². The van der Waals surface area contributed by atoms with Crippen LogP contribution in [0.3, 0.4) is 0 Å². The van der Waals surface area contributed by atoms with Gasteiger partial charge in [-0.3, -0.25) is 9.59 Å². The van der Waals surface area contributed by atoms with E-state index in [1.165, 1.54) is 18.4 Å². The van der Waals surface area contributed by atoms with E-state index in [1.54, 1.807) is 0 Å². The fourth-order valence-electron chi connectivity index (χ4n) is 2.85. The molecule has 0 saturated carbocycles. The van der Waals surface area contributed by atoms with Gasteiger partial charge in [0.25, 0.3) is 0 Å². The molecule has 1 rings (SSSR count). The Morgan fingerprint density at radius 2 is 2.05 bits per heavy atom. The van der Waals surface area contributed by atoms with Crippen molar-refractivity contribution in [2.45, 2.75) is 65.2 Å². The number of carboxylic acid groups (broad SMARTS) is 1. The number of nitrogens with one attached hydrogen (secondary N) is 1. The maximum atomic E-state index is 11.9. The molecule has 0 spiro atoms. The van der Waals surface area contributed by atoms with Gasteiger partial charge in [-0.25, -0.2) is 0 Å². The average molecular weight is 295 g/mol. The molecule has 0 saturated heterocycles. The van der Waals surface area contributed by atoms with Gasteiger partial charge in [0.1, 0.15) is 0 Å². The molecule has 120 valence electrons. The minimum Gasteiger partial charge on any atom is -0.481 e. The normalized spacial score (nSPS) is 16.4. The molecule has 0 radical (unpaired) electrons. The number of allylic oxidation sites excluding steroid dienone is 1. The first-order valence-electron chi connectivity index (χ1n) is 8.15. The Labute approximate surface area is 128 Å². The molecule has 0 aromatic rings. The van der Waals surface area contributed by atoms with Crippen LogP contribution in [0.4, 0.5) is 0 Å². The summed E-state index contributed by atoms with van der Waals surface area (Å²) in [4.78, 5) is 22.5. The van der Waals surface area contributed by atoms with E-state index in [9.17, 15) is 9.59 Å². The van der Waals surface area contributed by atoms with Crippen molar-refractivity contribution in [2.75, 3.05) is 6.54 Å². The van der Waals surface area contributed by atoms with Crippen LogP contribution >= 0.6 is 0 Å². The first-order valence-corrected chi connectivity index (χ1v) is 8.15. The summed E-state index contributed by atoms with van der Waals surface area (Å²) in [7, 11) is 0. The molecule has 4 heteroatoms. The molecule has 1 amide bonds. The topological polar surface area (TPSA) is 66.4 Å². The summed E-state index contributed by atoms with van der Waals surface area (Å²) in [6.07, 6.45) is 9.09. The maximum absolute atomic E-state index is 11.9. The second-order valence-electron chi connectivity index (χ2n) is 6.36. The number of amides is 1. The second-order valence-corrected chi connectivity index (χ2v) is 6.36. The molecular weight excluding hydrogens is 266 g/mol. The zero-order chi connectivity index (χ0) is 15.7. The standard InChI is InChI=1S/C17H29NO3/c1-13(2)15(8-9-17(20)21)10-11-18-16(19)12-14-6-4-3-5-7-14/h6,13,15H,3-5,7-12H2,1-2H3,(H,18,19)(H,20,21). The molecule has 21 heavy (non-hydrogen) atoms. The van der Waals surface area contributed by atoms with Gasteiger partial charge in [0, 0.05) is 19.4 Å². The van der Waals surface area contributed by atoms with Crippen molar-refractivity contribution in [2.24, 2.45) is 11.8 Å². The second kappa shape index (κ2) is 9.59. The van der Waals surface area contributed by atoms with Crippen LogP contribution in [0.2, 0.25) is 0 Å². The van der Waals surface area contributed by atoms with E-state index in [0.717, 1.165) is 19.3 Å². The maximum Gasteiger partial charge on any atom is 0.303 e. The minimum atomic E-state index is -0.742. The number of rotatable bonds is 9. The molecule has 1 aliphatic rings. The third kappa shape index (κ3) is 7.88. The Balaban J connectivity index is 2.24. The fourth-order valence-corrected chi connectivity index (χ4v) is 2.85. The van der Waals surface area contributed by atoms with Crippen molar-refractivity contribution in [1.82, 2.24) is 5.32 Å². The Morgan fingerprint density at radius 3 is 2.62 bits per heavy atom. The summed E-state index contributed by atoms with van der Waals surface area (Å²) in [5, 5.41) is 11.7. The first-order chi connectivity index (χ1) is 9.99. The number of carboxylic acids is 1. The quantitative estimate of drug-likeness (QED) is 0.640. The molecule has 1 unspecified atom stereocenters. The third-order valence-electron chi connectivity index (χ3n) is 4.28. The third-order valence-corrected chi connectivity index (χ3v) is 4.28. The van der Waals surface area contributed by atoms with Crippen LogP contribution in [0.5, 0.6) is 0 Å². The molecule has 4 nitrogen and oxygen atoms in total. The molecule has 0 bridgehead atoms. The van der Waals surface area contributed by atoms with Gasteiger partial charge >= 0.3 is 5.97 Å². The highest BCUT2D eigenvalue weighted by atomic mass is 16.4. The summed E-state index contributed by atoms with van der Waals surface area (Å²) in [5.41, 5.74) is 1.27. The summed E-state index contributed by atoms with van der Waals surface area (Å²) in [5.74, 6) is 0.162. The lowest BCUT2D eigenvalue weighted by Gasteiger charge is -2.20. The Hall–Kier alpha value is -1.32. The van der Waals surface area contributed by atoms with Crippen molar-refractivity contribution >= 4 is 11.9 Å². The predicted octanol–water partition coefficient (Wildman–Crippen LogP) is 3.52. The van der Waals surface area contributed by atoms with Gasteiger partial charge in [-0.15, -0.1) is 0 Å². The van der Waals surface area contributed by atoms with Gasteiger partial charge in [0.15, 0.2) is 0 Å². The van der Waals surface area contributed by atoms with Crippen molar-refractivity contribution in [1.29, 1.82) is 0 Å². The molecule has 0 fully saturated rings. The first kappa shape index (κ1) is 17.7. The number of carbonyl (C=O) groups is 2. The number of carbonyl (C=O) groups excluding carboxylic acids is 1. The molecule has 0 aliphatic heterocycles. The summed E-state index contributed by atoms with van der Waals surface area (Å²) in [6.45, 7) is 4.87. The SMILES string of the molecule is CC(C)C(CCNC(=O)CC1=CCCCC1)CCC(=O)O. The van der Waals surface area contributed by atoms with Crippen LogP contribution in [0.25, 0.3) is 0 Å². The van der Waals surface area contributed by atoms with E-state index in [0.29, 0.717) is 31.2 Å². The number of hydrogen-bond acceptors (Lipinski definition) is 2. The summed E-state index contributed by atoms with van der Waals surface area (Å²) >= 11 is 0. The van der Waals surface area contributed by atoms with Crippen LogP contribution in [-0.2, 0) is 9.59 Å². The monoisotopic (exact) mass is 295 g/mol. The lowest BCUT2D eigenvalue weighted by Crippen LogP contribution is -2.27. The lowest BCUT2D eigenvalue weighted by molar-refractivity contribution is -0.137. The molecule has 1 atom stereocenters. The van der Waals surface area contributed by atoms with Crippen LogP contribution in [0.15, 0.2) is 11.6 Å². The molecule has 1 aliphatic carbocycles. The fraction of sp³-hybridized carbons (Fsp3) is 0.765. The highest BCUT2D eigenvalue weighted by molar-refractivity contribution is 5.78. The van der Waals surface area contributed by atoms with Gasteiger partial charge in [0.05, 0.1) is 0 Å². The predicted molar refractivity (Wildman–Crippen MR) is 84.0 cm³/mol.